The van der Waals surface area contributed by atoms with Crippen LogP contribution in [0.1, 0.15) is 31.0 Å². The summed E-state index contributed by atoms with van der Waals surface area (Å²) in [4.78, 5) is 8.63. The first-order valence-electron chi connectivity index (χ1n) is 5.89. The molecule has 0 aliphatic rings. The van der Waals surface area contributed by atoms with Crippen LogP contribution in [0.3, 0.4) is 0 Å². The Balaban J connectivity index is 2.55. The highest BCUT2D eigenvalue weighted by Gasteiger charge is 2.14. The van der Waals surface area contributed by atoms with Crippen molar-refractivity contribution in [1.82, 2.24) is 9.97 Å². The number of nitrogens with zero attached hydrogens (tertiary/aromatic N) is 2. The van der Waals surface area contributed by atoms with E-state index in [1.807, 2.05) is 20.8 Å². The topological polar surface area (TPSA) is 25.8 Å². The van der Waals surface area contributed by atoms with Crippen molar-refractivity contribution in [2.24, 2.45) is 0 Å². The number of benzene rings is 1. The molecular formula is C14H13Cl2FN2. The molecule has 1 aromatic carbocycles. The normalized spacial score (nSPS) is 11.1. The SMILES string of the molecule is Cc1nc(-c2ccc(Cl)c(F)c2)nc(Cl)c1C(C)C. The van der Waals surface area contributed by atoms with E-state index in [0.29, 0.717) is 16.5 Å². The maximum atomic E-state index is 13.5. The molecule has 0 bridgehead atoms. The Labute approximate surface area is 121 Å². The second kappa shape index (κ2) is 5.43. The van der Waals surface area contributed by atoms with Crippen LogP contribution in [0.15, 0.2) is 18.2 Å². The van der Waals surface area contributed by atoms with Gasteiger partial charge in [-0.3, -0.25) is 0 Å². The summed E-state index contributed by atoms with van der Waals surface area (Å²) in [5.41, 5.74) is 2.28. The summed E-state index contributed by atoms with van der Waals surface area (Å²) in [6, 6.07) is 4.46. The summed E-state index contributed by atoms with van der Waals surface area (Å²) < 4.78 is 13.5. The lowest BCUT2D eigenvalue weighted by Crippen LogP contribution is -2.02. The predicted molar refractivity (Wildman–Crippen MR) is 76.3 cm³/mol. The van der Waals surface area contributed by atoms with Crippen molar-refractivity contribution in [2.45, 2.75) is 26.7 Å². The first-order chi connectivity index (χ1) is 8.90. The molecule has 0 aliphatic heterocycles. The van der Waals surface area contributed by atoms with Gasteiger partial charge in [0.2, 0.25) is 0 Å². The quantitative estimate of drug-likeness (QED) is 0.727. The molecule has 0 spiro atoms. The minimum atomic E-state index is -0.496. The van der Waals surface area contributed by atoms with Crippen molar-refractivity contribution in [3.8, 4) is 11.4 Å². The fraction of sp³-hybridized carbons (Fsp3) is 0.286. The van der Waals surface area contributed by atoms with Gasteiger partial charge in [-0.05, 0) is 31.0 Å². The van der Waals surface area contributed by atoms with Crippen LogP contribution < -0.4 is 0 Å². The Morgan fingerprint density at radius 1 is 1.16 bits per heavy atom. The molecule has 0 unspecified atom stereocenters. The van der Waals surface area contributed by atoms with Crippen molar-refractivity contribution in [2.75, 3.05) is 0 Å². The van der Waals surface area contributed by atoms with E-state index in [-0.39, 0.29) is 10.9 Å². The van der Waals surface area contributed by atoms with Gasteiger partial charge in [0.15, 0.2) is 5.82 Å². The van der Waals surface area contributed by atoms with E-state index in [4.69, 9.17) is 23.2 Å². The van der Waals surface area contributed by atoms with Crippen LogP contribution in [-0.4, -0.2) is 9.97 Å². The number of hydrogen-bond acceptors (Lipinski definition) is 2. The second-order valence-corrected chi connectivity index (χ2v) is 5.39. The monoisotopic (exact) mass is 298 g/mol. The number of hydrogen-bond donors (Lipinski definition) is 0. The van der Waals surface area contributed by atoms with Gasteiger partial charge in [-0.2, -0.15) is 0 Å². The van der Waals surface area contributed by atoms with E-state index in [9.17, 15) is 4.39 Å². The first-order valence-corrected chi connectivity index (χ1v) is 6.65. The Kier molecular flexibility index (Phi) is 4.07. The third-order valence-electron chi connectivity index (χ3n) is 2.84. The number of halogens is 3. The zero-order valence-corrected chi connectivity index (χ0v) is 12.3. The molecule has 5 heteroatoms. The van der Waals surface area contributed by atoms with E-state index >= 15 is 0 Å². The minimum Gasteiger partial charge on any atom is -0.233 e. The van der Waals surface area contributed by atoms with Crippen molar-refractivity contribution in [1.29, 1.82) is 0 Å². The molecule has 2 aromatic rings. The number of aryl methyl sites for hydroxylation is 1. The average Bonchev–Trinajstić information content (AvgIpc) is 2.31. The summed E-state index contributed by atoms with van der Waals surface area (Å²) in [7, 11) is 0. The number of aromatic nitrogens is 2. The van der Waals surface area contributed by atoms with E-state index in [0.717, 1.165) is 11.3 Å². The standard InChI is InChI=1S/C14H13Cl2FN2/c1-7(2)12-8(3)18-14(19-13(12)16)9-4-5-10(15)11(17)6-9/h4-7H,1-3H3. The highest BCUT2D eigenvalue weighted by Crippen LogP contribution is 2.28. The summed E-state index contributed by atoms with van der Waals surface area (Å²) in [6.45, 7) is 5.93. The van der Waals surface area contributed by atoms with Crippen molar-refractivity contribution < 1.29 is 4.39 Å². The molecule has 0 atom stereocenters. The maximum absolute atomic E-state index is 13.5. The van der Waals surface area contributed by atoms with Gasteiger partial charge in [0.05, 0.1) is 5.02 Å². The Hall–Kier alpha value is -1.19. The van der Waals surface area contributed by atoms with Gasteiger partial charge in [-0.1, -0.05) is 37.0 Å². The molecule has 0 fully saturated rings. The van der Waals surface area contributed by atoms with Crippen LogP contribution in [0.2, 0.25) is 10.2 Å². The summed E-state index contributed by atoms with van der Waals surface area (Å²) in [5.74, 6) is 0.149. The van der Waals surface area contributed by atoms with Gasteiger partial charge in [0.25, 0.3) is 0 Å². The molecule has 1 heterocycles. The Bertz CT molecular complexity index is 604. The minimum absolute atomic E-state index is 0.0744. The van der Waals surface area contributed by atoms with Gasteiger partial charge in [0, 0.05) is 16.8 Å². The third kappa shape index (κ3) is 2.88. The molecule has 0 amide bonds. The smallest absolute Gasteiger partial charge is 0.161 e. The lowest BCUT2D eigenvalue weighted by atomic mass is 10.0. The van der Waals surface area contributed by atoms with Crippen LogP contribution in [0.25, 0.3) is 11.4 Å². The lowest BCUT2D eigenvalue weighted by molar-refractivity contribution is 0.628. The third-order valence-corrected chi connectivity index (χ3v) is 3.44. The average molecular weight is 299 g/mol. The molecule has 19 heavy (non-hydrogen) atoms. The molecular weight excluding hydrogens is 286 g/mol. The van der Waals surface area contributed by atoms with Crippen LogP contribution in [0.4, 0.5) is 4.39 Å². The molecule has 2 rings (SSSR count). The molecule has 0 N–H and O–H groups in total. The van der Waals surface area contributed by atoms with Crippen molar-refractivity contribution in [3.63, 3.8) is 0 Å². The van der Waals surface area contributed by atoms with Crippen LogP contribution >= 0.6 is 23.2 Å². The second-order valence-electron chi connectivity index (χ2n) is 4.62. The first kappa shape index (κ1) is 14.2. The highest BCUT2D eigenvalue weighted by atomic mass is 35.5. The molecule has 2 nitrogen and oxygen atoms in total. The molecule has 0 radical (unpaired) electrons. The largest absolute Gasteiger partial charge is 0.233 e. The predicted octanol–water partition coefficient (Wildman–Crippen LogP) is 5.02. The van der Waals surface area contributed by atoms with E-state index < -0.39 is 5.82 Å². The van der Waals surface area contributed by atoms with Crippen LogP contribution in [-0.2, 0) is 0 Å². The van der Waals surface area contributed by atoms with Gasteiger partial charge in [-0.25, -0.2) is 14.4 Å². The van der Waals surface area contributed by atoms with Gasteiger partial charge in [0.1, 0.15) is 11.0 Å². The van der Waals surface area contributed by atoms with Gasteiger partial charge >= 0.3 is 0 Å². The zero-order valence-electron chi connectivity index (χ0n) is 10.8. The molecule has 100 valence electrons. The summed E-state index contributed by atoms with van der Waals surface area (Å²) >= 11 is 11.8. The molecule has 1 aromatic heterocycles. The van der Waals surface area contributed by atoms with E-state index in [2.05, 4.69) is 9.97 Å². The van der Waals surface area contributed by atoms with Gasteiger partial charge in [-0.15, -0.1) is 0 Å². The number of rotatable bonds is 2. The van der Waals surface area contributed by atoms with E-state index in [1.54, 1.807) is 6.07 Å². The highest BCUT2D eigenvalue weighted by molar-refractivity contribution is 6.31. The summed E-state index contributed by atoms with van der Waals surface area (Å²) in [6.07, 6.45) is 0. The Morgan fingerprint density at radius 2 is 1.84 bits per heavy atom. The lowest BCUT2D eigenvalue weighted by Gasteiger charge is -2.12. The summed E-state index contributed by atoms with van der Waals surface area (Å²) in [5, 5.41) is 0.484. The maximum Gasteiger partial charge on any atom is 0.161 e. The van der Waals surface area contributed by atoms with Crippen LogP contribution in [0, 0.1) is 12.7 Å². The van der Waals surface area contributed by atoms with Crippen molar-refractivity contribution >= 4 is 23.2 Å². The van der Waals surface area contributed by atoms with Crippen LogP contribution in [0.5, 0.6) is 0 Å². The Morgan fingerprint density at radius 3 is 2.37 bits per heavy atom. The van der Waals surface area contributed by atoms with Crippen molar-refractivity contribution in [3.05, 3.63) is 45.4 Å². The molecule has 0 saturated heterocycles. The fourth-order valence-corrected chi connectivity index (χ4v) is 2.52. The molecule has 0 aliphatic carbocycles. The fourth-order valence-electron chi connectivity index (χ4n) is 1.97. The zero-order chi connectivity index (χ0) is 14.2. The molecule has 0 saturated carbocycles. The van der Waals surface area contributed by atoms with E-state index in [1.165, 1.54) is 12.1 Å². The van der Waals surface area contributed by atoms with Gasteiger partial charge < -0.3 is 0 Å².